The van der Waals surface area contributed by atoms with Gasteiger partial charge in [0.25, 0.3) is 5.91 Å². The zero-order chi connectivity index (χ0) is 17.2. The zero-order valence-electron chi connectivity index (χ0n) is 13.9. The second-order valence-electron chi connectivity index (χ2n) is 5.94. The molecule has 3 heterocycles. The molecule has 0 bridgehead atoms. The topological polar surface area (TPSA) is 60.2 Å². The van der Waals surface area contributed by atoms with E-state index in [9.17, 15) is 4.79 Å². The van der Waals surface area contributed by atoms with E-state index in [4.69, 9.17) is 4.74 Å². The van der Waals surface area contributed by atoms with Gasteiger partial charge < -0.3 is 4.74 Å². The van der Waals surface area contributed by atoms with E-state index in [0.717, 1.165) is 17.1 Å². The van der Waals surface area contributed by atoms with Crippen molar-refractivity contribution in [3.05, 3.63) is 71.7 Å². The third kappa shape index (κ3) is 3.10. The van der Waals surface area contributed by atoms with Crippen LogP contribution >= 0.6 is 0 Å². The third-order valence-corrected chi connectivity index (χ3v) is 4.11. The minimum absolute atomic E-state index is 0.0807. The monoisotopic (exact) mass is 334 g/mol. The number of amides is 1. The number of para-hydroxylation sites is 1. The van der Waals surface area contributed by atoms with E-state index in [-0.39, 0.29) is 5.91 Å². The van der Waals surface area contributed by atoms with Crippen LogP contribution in [-0.4, -0.2) is 27.2 Å². The number of ether oxygens (including phenoxy) is 1. The number of carbonyl (C=O) groups is 1. The van der Waals surface area contributed by atoms with Crippen LogP contribution < -0.4 is 9.64 Å². The lowest BCUT2D eigenvalue weighted by Crippen LogP contribution is -2.41. The highest BCUT2D eigenvalue weighted by atomic mass is 16.5. The Hall–Kier alpha value is -3.15. The molecule has 1 aliphatic rings. The summed E-state index contributed by atoms with van der Waals surface area (Å²) in [4.78, 5) is 19.0. The first-order valence-corrected chi connectivity index (χ1v) is 8.21. The molecule has 0 aliphatic carbocycles. The Kier molecular flexibility index (Phi) is 3.93. The maximum atomic E-state index is 12.8. The van der Waals surface area contributed by atoms with Gasteiger partial charge in [0.05, 0.1) is 6.54 Å². The molecule has 6 nitrogen and oxygen atoms in total. The summed E-state index contributed by atoms with van der Waals surface area (Å²) in [6, 6.07) is 17.1. The number of hydrogen-bond acceptors (Lipinski definition) is 4. The Labute approximate surface area is 145 Å². The average Bonchev–Trinajstić information content (AvgIpc) is 3.05. The molecule has 0 saturated heterocycles. The lowest BCUT2D eigenvalue weighted by molar-refractivity contribution is 0.0961. The second kappa shape index (κ2) is 6.39. The minimum atomic E-state index is -0.0807. The smallest absolute Gasteiger partial charge is 0.277 e. The van der Waals surface area contributed by atoms with Crippen LogP contribution in [0.3, 0.4) is 0 Å². The number of carbonyl (C=O) groups excluding carboxylic acids is 1. The summed E-state index contributed by atoms with van der Waals surface area (Å²) in [5.41, 5.74) is 2.20. The van der Waals surface area contributed by atoms with E-state index in [1.54, 1.807) is 15.6 Å². The molecular formula is C19H18N4O2. The van der Waals surface area contributed by atoms with Crippen LogP contribution in [-0.2, 0) is 13.2 Å². The van der Waals surface area contributed by atoms with Gasteiger partial charge in [0.2, 0.25) is 0 Å². The molecule has 25 heavy (non-hydrogen) atoms. The van der Waals surface area contributed by atoms with Crippen LogP contribution in [0.25, 0.3) is 0 Å². The normalized spacial score (nSPS) is 13.6. The van der Waals surface area contributed by atoms with Crippen LogP contribution in [0, 0.1) is 6.92 Å². The van der Waals surface area contributed by atoms with Crippen molar-refractivity contribution >= 4 is 11.7 Å². The molecule has 0 spiro atoms. The molecule has 1 aromatic carbocycles. The Morgan fingerprint density at radius 1 is 1.08 bits per heavy atom. The fourth-order valence-electron chi connectivity index (χ4n) is 2.89. The zero-order valence-corrected chi connectivity index (χ0v) is 13.9. The van der Waals surface area contributed by atoms with Crippen molar-refractivity contribution in [1.29, 1.82) is 0 Å². The first kappa shape index (κ1) is 15.4. The van der Waals surface area contributed by atoms with E-state index in [1.165, 1.54) is 0 Å². The fraction of sp³-hybridized carbons (Fsp3) is 0.211. The molecule has 0 N–H and O–H groups in total. The van der Waals surface area contributed by atoms with Crippen molar-refractivity contribution in [2.75, 3.05) is 11.4 Å². The first-order chi connectivity index (χ1) is 12.2. The average molecular weight is 334 g/mol. The molecule has 1 amide bonds. The van der Waals surface area contributed by atoms with Gasteiger partial charge >= 0.3 is 0 Å². The maximum absolute atomic E-state index is 12.8. The van der Waals surface area contributed by atoms with E-state index >= 15 is 0 Å². The molecule has 0 unspecified atom stereocenters. The third-order valence-electron chi connectivity index (χ3n) is 4.11. The summed E-state index contributed by atoms with van der Waals surface area (Å²) < 4.78 is 7.47. The number of aromatic nitrogens is 3. The van der Waals surface area contributed by atoms with E-state index in [2.05, 4.69) is 10.1 Å². The van der Waals surface area contributed by atoms with Crippen LogP contribution in [0.4, 0.5) is 5.82 Å². The van der Waals surface area contributed by atoms with Gasteiger partial charge in [-0.25, -0.2) is 4.98 Å². The minimum Gasteiger partial charge on any atom is -0.487 e. The molecule has 0 saturated carbocycles. The Morgan fingerprint density at radius 2 is 1.92 bits per heavy atom. The van der Waals surface area contributed by atoms with E-state index in [0.29, 0.717) is 31.2 Å². The van der Waals surface area contributed by atoms with Crippen LogP contribution in [0.2, 0.25) is 0 Å². The Bertz CT molecular complexity index is 905. The molecule has 6 heteroatoms. The Morgan fingerprint density at radius 3 is 2.72 bits per heavy atom. The molecule has 0 atom stereocenters. The van der Waals surface area contributed by atoms with Crippen LogP contribution in [0.5, 0.6) is 5.75 Å². The van der Waals surface area contributed by atoms with Crippen LogP contribution in [0.1, 0.15) is 21.9 Å². The summed E-state index contributed by atoms with van der Waals surface area (Å²) in [6.45, 7) is 3.45. The Balaban J connectivity index is 1.53. The molecule has 3 aromatic rings. The highest BCUT2D eigenvalue weighted by Gasteiger charge is 2.28. The predicted molar refractivity (Wildman–Crippen MR) is 93.7 cm³/mol. The number of pyridine rings is 1. The summed E-state index contributed by atoms with van der Waals surface area (Å²) in [6.07, 6.45) is 0. The maximum Gasteiger partial charge on any atom is 0.277 e. The van der Waals surface area contributed by atoms with Gasteiger partial charge in [-0.15, -0.1) is 0 Å². The first-order valence-electron chi connectivity index (χ1n) is 8.21. The fourth-order valence-corrected chi connectivity index (χ4v) is 2.89. The molecule has 126 valence electrons. The molecule has 0 fully saturated rings. The number of benzene rings is 1. The van der Waals surface area contributed by atoms with Gasteiger partial charge in [0.1, 0.15) is 29.6 Å². The van der Waals surface area contributed by atoms with Gasteiger partial charge in [0.15, 0.2) is 0 Å². The number of aryl methyl sites for hydroxylation is 1. The van der Waals surface area contributed by atoms with Gasteiger partial charge in [0, 0.05) is 12.2 Å². The van der Waals surface area contributed by atoms with Crippen molar-refractivity contribution < 1.29 is 9.53 Å². The standard InChI is InChI=1S/C19H18N4O2/c1-14-6-5-9-18(20-14)22-10-11-23-17(19(22)24)12-15(21-23)13-25-16-7-3-2-4-8-16/h2-9,12H,10-11,13H2,1H3. The lowest BCUT2D eigenvalue weighted by atomic mass is 10.2. The molecule has 4 rings (SSSR count). The van der Waals surface area contributed by atoms with Crippen molar-refractivity contribution in [3.8, 4) is 5.75 Å². The van der Waals surface area contributed by atoms with Crippen LogP contribution in [0.15, 0.2) is 54.6 Å². The second-order valence-corrected chi connectivity index (χ2v) is 5.94. The molecule has 2 aromatic heterocycles. The number of nitrogens with zero attached hydrogens (tertiary/aromatic N) is 4. The number of fused-ring (bicyclic) bond motifs is 1. The van der Waals surface area contributed by atoms with E-state index < -0.39 is 0 Å². The van der Waals surface area contributed by atoms with Gasteiger partial charge in [-0.05, 0) is 37.3 Å². The van der Waals surface area contributed by atoms with Crippen molar-refractivity contribution in [2.45, 2.75) is 20.1 Å². The largest absolute Gasteiger partial charge is 0.487 e. The molecular weight excluding hydrogens is 316 g/mol. The lowest BCUT2D eigenvalue weighted by Gasteiger charge is -2.26. The van der Waals surface area contributed by atoms with Crippen molar-refractivity contribution in [2.24, 2.45) is 0 Å². The van der Waals surface area contributed by atoms with Gasteiger partial charge in [-0.3, -0.25) is 14.4 Å². The highest BCUT2D eigenvalue weighted by molar-refractivity contribution is 6.05. The quantitative estimate of drug-likeness (QED) is 0.736. The van der Waals surface area contributed by atoms with Gasteiger partial charge in [-0.2, -0.15) is 5.10 Å². The predicted octanol–water partition coefficient (Wildman–Crippen LogP) is 2.83. The van der Waals surface area contributed by atoms with Crippen molar-refractivity contribution in [3.63, 3.8) is 0 Å². The number of anilines is 1. The van der Waals surface area contributed by atoms with Gasteiger partial charge in [-0.1, -0.05) is 24.3 Å². The molecule has 0 radical (unpaired) electrons. The van der Waals surface area contributed by atoms with E-state index in [1.807, 2.05) is 55.5 Å². The van der Waals surface area contributed by atoms with Crippen molar-refractivity contribution in [1.82, 2.24) is 14.8 Å². The SMILES string of the molecule is Cc1cccc(N2CCn3nc(COc4ccccc4)cc3C2=O)n1. The number of rotatable bonds is 4. The number of hydrogen-bond donors (Lipinski definition) is 0. The molecule has 1 aliphatic heterocycles. The highest BCUT2D eigenvalue weighted by Crippen LogP contribution is 2.21. The summed E-state index contributed by atoms with van der Waals surface area (Å²) >= 11 is 0. The summed E-state index contributed by atoms with van der Waals surface area (Å²) in [5, 5.41) is 4.49. The summed E-state index contributed by atoms with van der Waals surface area (Å²) in [5.74, 6) is 1.38. The summed E-state index contributed by atoms with van der Waals surface area (Å²) in [7, 11) is 0.